The number of ether oxygens (including phenoxy) is 1. The number of benzene rings is 2. The average Bonchev–Trinajstić information content (AvgIpc) is 2.63. The maximum Gasteiger partial charge on any atom is 0.340 e. The van der Waals surface area contributed by atoms with Gasteiger partial charge in [0.05, 0.1) is 23.8 Å². The van der Waals surface area contributed by atoms with Crippen molar-refractivity contribution >= 4 is 21.0 Å². The van der Waals surface area contributed by atoms with E-state index in [4.69, 9.17) is 14.2 Å². The van der Waals surface area contributed by atoms with Crippen LogP contribution in [-0.2, 0) is 10.1 Å². The minimum atomic E-state index is -4.12. The first kappa shape index (κ1) is 17.7. The Morgan fingerprint density at radius 1 is 1.15 bits per heavy atom. The number of nitrogens with zero attached hydrogens (tertiary/aromatic N) is 2. The molecule has 2 aromatic carbocycles. The molecule has 0 bridgehead atoms. The van der Waals surface area contributed by atoms with Crippen LogP contribution in [0, 0.1) is 18.3 Å². The van der Waals surface area contributed by atoms with E-state index in [9.17, 15) is 8.42 Å². The van der Waals surface area contributed by atoms with Crippen molar-refractivity contribution in [3.8, 4) is 17.6 Å². The highest BCUT2D eigenvalue weighted by Crippen LogP contribution is 2.33. The predicted octanol–water partition coefficient (Wildman–Crippen LogP) is 3.58. The Hall–Kier alpha value is -3.11. The lowest BCUT2D eigenvalue weighted by molar-refractivity contribution is 0.327. The van der Waals surface area contributed by atoms with Gasteiger partial charge in [0.2, 0.25) is 0 Å². The first-order valence-electron chi connectivity index (χ1n) is 7.92. The van der Waals surface area contributed by atoms with Gasteiger partial charge in [0.15, 0.2) is 11.5 Å². The molecular formula is C19H16N2O4S. The molecule has 0 N–H and O–H groups in total. The van der Waals surface area contributed by atoms with E-state index in [2.05, 4.69) is 4.98 Å². The van der Waals surface area contributed by atoms with Crippen molar-refractivity contribution in [2.24, 2.45) is 0 Å². The molecule has 0 aliphatic heterocycles. The summed E-state index contributed by atoms with van der Waals surface area (Å²) in [4.78, 5) is 4.28. The second-order valence-electron chi connectivity index (χ2n) is 5.52. The second kappa shape index (κ2) is 7.02. The van der Waals surface area contributed by atoms with Crippen LogP contribution < -0.4 is 8.92 Å². The van der Waals surface area contributed by atoms with Crippen LogP contribution in [0.4, 0.5) is 0 Å². The molecule has 26 heavy (non-hydrogen) atoms. The number of fused-ring (bicyclic) bond motifs is 1. The fourth-order valence-corrected chi connectivity index (χ4v) is 3.72. The molecule has 0 saturated heterocycles. The van der Waals surface area contributed by atoms with Gasteiger partial charge in [-0.05, 0) is 49.7 Å². The first-order chi connectivity index (χ1) is 12.5. The highest BCUT2D eigenvalue weighted by Gasteiger charge is 2.23. The fraction of sp³-hybridized carbons (Fsp3) is 0.158. The maximum atomic E-state index is 12.9. The monoisotopic (exact) mass is 368 g/mol. The molecule has 0 atom stereocenters. The number of rotatable bonds is 5. The van der Waals surface area contributed by atoms with Crippen LogP contribution in [0.2, 0.25) is 0 Å². The van der Waals surface area contributed by atoms with Gasteiger partial charge in [0.25, 0.3) is 0 Å². The van der Waals surface area contributed by atoms with E-state index in [0.717, 1.165) is 5.56 Å². The summed E-state index contributed by atoms with van der Waals surface area (Å²) in [6, 6.07) is 12.9. The van der Waals surface area contributed by atoms with E-state index in [1.807, 2.05) is 13.0 Å². The van der Waals surface area contributed by atoms with E-state index in [-0.39, 0.29) is 16.4 Å². The van der Waals surface area contributed by atoms with Gasteiger partial charge >= 0.3 is 10.1 Å². The summed E-state index contributed by atoms with van der Waals surface area (Å²) < 4.78 is 36.5. The molecule has 7 heteroatoms. The molecule has 3 aromatic rings. The Balaban J connectivity index is 2.09. The lowest BCUT2D eigenvalue weighted by Gasteiger charge is -2.13. The number of nitriles is 1. The molecule has 0 radical (unpaired) electrons. The molecule has 0 fully saturated rings. The molecule has 6 nitrogen and oxygen atoms in total. The summed E-state index contributed by atoms with van der Waals surface area (Å²) in [7, 11) is -4.12. The van der Waals surface area contributed by atoms with Crippen molar-refractivity contribution in [2.75, 3.05) is 6.61 Å². The van der Waals surface area contributed by atoms with Gasteiger partial charge < -0.3 is 8.92 Å². The molecule has 0 amide bonds. The van der Waals surface area contributed by atoms with Crippen molar-refractivity contribution in [1.29, 1.82) is 5.26 Å². The van der Waals surface area contributed by atoms with E-state index in [1.54, 1.807) is 31.3 Å². The molecule has 0 unspecified atom stereocenters. The zero-order valence-electron chi connectivity index (χ0n) is 14.3. The van der Waals surface area contributed by atoms with E-state index in [0.29, 0.717) is 23.1 Å². The smallest absolute Gasteiger partial charge is 0.340 e. The number of pyridine rings is 1. The quantitative estimate of drug-likeness (QED) is 0.640. The molecule has 1 aromatic heterocycles. The Morgan fingerprint density at radius 3 is 2.69 bits per heavy atom. The van der Waals surface area contributed by atoms with Gasteiger partial charge in [-0.1, -0.05) is 6.07 Å². The standard InChI is InChI=1S/C19H16N2O4S/c1-3-24-17-11-14(12-20)7-8-16(17)25-26(22,23)18-9-6-13(2)19-15(18)5-4-10-21-19/h4-11H,3H2,1-2H3. The van der Waals surface area contributed by atoms with E-state index in [1.165, 1.54) is 24.3 Å². The SMILES string of the molecule is CCOc1cc(C#N)ccc1OS(=O)(=O)c1ccc(C)c2ncccc12. The summed E-state index contributed by atoms with van der Waals surface area (Å²) in [6.07, 6.45) is 1.61. The zero-order valence-corrected chi connectivity index (χ0v) is 15.1. The number of hydrogen-bond acceptors (Lipinski definition) is 6. The summed E-state index contributed by atoms with van der Waals surface area (Å²) in [5.74, 6) is 0.230. The molecule has 0 spiro atoms. The minimum absolute atomic E-state index is 0.0259. The largest absolute Gasteiger partial charge is 0.490 e. The van der Waals surface area contributed by atoms with Gasteiger partial charge in [0, 0.05) is 17.6 Å². The Kier molecular flexibility index (Phi) is 4.78. The van der Waals surface area contributed by atoms with Crippen LogP contribution >= 0.6 is 0 Å². The fourth-order valence-electron chi connectivity index (χ4n) is 2.58. The summed E-state index contributed by atoms with van der Waals surface area (Å²) >= 11 is 0. The maximum absolute atomic E-state index is 12.9. The van der Waals surface area contributed by atoms with E-state index >= 15 is 0 Å². The lowest BCUT2D eigenvalue weighted by atomic mass is 10.1. The molecular weight excluding hydrogens is 352 g/mol. The van der Waals surface area contributed by atoms with Crippen LogP contribution in [0.3, 0.4) is 0 Å². The summed E-state index contributed by atoms with van der Waals surface area (Å²) in [6.45, 7) is 3.93. The Morgan fingerprint density at radius 2 is 1.96 bits per heavy atom. The normalized spacial score (nSPS) is 11.1. The first-order valence-corrected chi connectivity index (χ1v) is 9.33. The molecule has 1 heterocycles. The number of aryl methyl sites for hydroxylation is 1. The molecule has 132 valence electrons. The number of aromatic nitrogens is 1. The molecule has 0 aliphatic carbocycles. The van der Waals surface area contributed by atoms with Crippen molar-refractivity contribution in [1.82, 2.24) is 4.98 Å². The topological polar surface area (TPSA) is 89.3 Å². The second-order valence-corrected chi connectivity index (χ2v) is 7.04. The van der Waals surface area contributed by atoms with Gasteiger partial charge in [-0.15, -0.1) is 0 Å². The van der Waals surface area contributed by atoms with Crippen LogP contribution in [0.25, 0.3) is 10.9 Å². The third-order valence-corrected chi connectivity index (χ3v) is 5.07. The molecule has 0 saturated carbocycles. The highest BCUT2D eigenvalue weighted by atomic mass is 32.2. The van der Waals surface area contributed by atoms with Gasteiger partial charge in [-0.25, -0.2) is 0 Å². The third-order valence-electron chi connectivity index (χ3n) is 3.77. The minimum Gasteiger partial charge on any atom is -0.490 e. The van der Waals surface area contributed by atoms with Crippen molar-refractivity contribution in [2.45, 2.75) is 18.7 Å². The lowest BCUT2D eigenvalue weighted by Crippen LogP contribution is -2.12. The van der Waals surface area contributed by atoms with Crippen LogP contribution in [0.15, 0.2) is 53.6 Å². The molecule has 3 rings (SSSR count). The van der Waals surface area contributed by atoms with Crippen LogP contribution in [0.1, 0.15) is 18.1 Å². The molecule has 0 aliphatic rings. The van der Waals surface area contributed by atoms with Crippen LogP contribution in [-0.4, -0.2) is 20.0 Å². The average molecular weight is 368 g/mol. The van der Waals surface area contributed by atoms with Crippen molar-refractivity contribution in [3.63, 3.8) is 0 Å². The number of hydrogen-bond donors (Lipinski definition) is 0. The predicted molar refractivity (Wildman–Crippen MR) is 96.6 cm³/mol. The van der Waals surface area contributed by atoms with Gasteiger partial charge in [0.1, 0.15) is 4.90 Å². The van der Waals surface area contributed by atoms with Gasteiger partial charge in [-0.3, -0.25) is 4.98 Å². The van der Waals surface area contributed by atoms with Gasteiger partial charge in [-0.2, -0.15) is 13.7 Å². The zero-order chi connectivity index (χ0) is 18.7. The van der Waals surface area contributed by atoms with Crippen molar-refractivity contribution < 1.29 is 17.3 Å². The Bertz CT molecular complexity index is 1120. The third kappa shape index (κ3) is 3.32. The Labute approximate surface area is 151 Å². The van der Waals surface area contributed by atoms with E-state index < -0.39 is 10.1 Å². The summed E-state index contributed by atoms with van der Waals surface area (Å²) in [5, 5.41) is 9.49. The van der Waals surface area contributed by atoms with Crippen molar-refractivity contribution in [3.05, 3.63) is 59.8 Å². The summed E-state index contributed by atoms with van der Waals surface area (Å²) in [5.41, 5.74) is 1.82. The highest BCUT2D eigenvalue weighted by molar-refractivity contribution is 7.87. The van der Waals surface area contributed by atoms with Crippen LogP contribution in [0.5, 0.6) is 11.5 Å².